The molecule has 0 bridgehead atoms. The molecule has 1 N–H and O–H groups in total. The smallest absolute Gasteiger partial charge is 0.328 e. The Kier molecular flexibility index (Phi) is 5.10. The molecule has 2 heterocycles. The SMILES string of the molecule is O=C(CCn1c(=O)[nH]c(=O)c2ccccc21)N1CCCC1Cc1ccccc1. The van der Waals surface area contributed by atoms with Crippen LogP contribution in [0.5, 0.6) is 0 Å². The van der Waals surface area contributed by atoms with Gasteiger partial charge in [-0.05, 0) is 37.0 Å². The van der Waals surface area contributed by atoms with Crippen molar-refractivity contribution in [3.63, 3.8) is 0 Å². The highest BCUT2D eigenvalue weighted by atomic mass is 16.2. The lowest BCUT2D eigenvalue weighted by Crippen LogP contribution is -2.38. The summed E-state index contributed by atoms with van der Waals surface area (Å²) < 4.78 is 1.48. The fourth-order valence-corrected chi connectivity index (χ4v) is 4.08. The van der Waals surface area contributed by atoms with Crippen LogP contribution in [0.3, 0.4) is 0 Å². The van der Waals surface area contributed by atoms with E-state index in [0.29, 0.717) is 10.9 Å². The number of aryl methyl sites for hydroxylation is 1. The molecule has 28 heavy (non-hydrogen) atoms. The minimum Gasteiger partial charge on any atom is -0.339 e. The van der Waals surface area contributed by atoms with Crippen LogP contribution >= 0.6 is 0 Å². The molecule has 1 saturated heterocycles. The van der Waals surface area contributed by atoms with E-state index in [2.05, 4.69) is 17.1 Å². The van der Waals surface area contributed by atoms with Crippen molar-refractivity contribution in [2.75, 3.05) is 6.54 Å². The molecule has 0 aliphatic carbocycles. The van der Waals surface area contributed by atoms with Gasteiger partial charge in [0.25, 0.3) is 5.56 Å². The van der Waals surface area contributed by atoms with E-state index in [9.17, 15) is 14.4 Å². The van der Waals surface area contributed by atoms with Crippen LogP contribution in [-0.4, -0.2) is 32.9 Å². The Morgan fingerprint density at radius 3 is 2.61 bits per heavy atom. The quantitative estimate of drug-likeness (QED) is 0.741. The summed E-state index contributed by atoms with van der Waals surface area (Å²) >= 11 is 0. The molecule has 0 saturated carbocycles. The summed E-state index contributed by atoms with van der Waals surface area (Å²) in [6.07, 6.45) is 3.10. The number of amides is 1. The molecule has 1 aliphatic heterocycles. The molecule has 6 nitrogen and oxygen atoms in total. The van der Waals surface area contributed by atoms with E-state index in [0.717, 1.165) is 25.8 Å². The number of nitrogens with one attached hydrogen (secondary N) is 1. The number of fused-ring (bicyclic) bond motifs is 1. The maximum absolute atomic E-state index is 12.9. The number of aromatic nitrogens is 2. The van der Waals surface area contributed by atoms with Crippen LogP contribution < -0.4 is 11.2 Å². The third-order valence-electron chi connectivity index (χ3n) is 5.47. The van der Waals surface area contributed by atoms with Crippen LogP contribution in [0.15, 0.2) is 64.2 Å². The van der Waals surface area contributed by atoms with Crippen molar-refractivity contribution in [3.05, 3.63) is 81.0 Å². The summed E-state index contributed by atoms with van der Waals surface area (Å²) in [5.41, 5.74) is 0.922. The molecule has 4 rings (SSSR count). The Bertz CT molecular complexity index is 1100. The lowest BCUT2D eigenvalue weighted by molar-refractivity contribution is -0.132. The molecule has 1 atom stereocenters. The van der Waals surface area contributed by atoms with E-state index in [4.69, 9.17) is 0 Å². The first-order valence-corrected chi connectivity index (χ1v) is 9.69. The minimum atomic E-state index is -0.473. The molecule has 144 valence electrons. The van der Waals surface area contributed by atoms with Gasteiger partial charge < -0.3 is 4.90 Å². The van der Waals surface area contributed by atoms with Crippen LogP contribution in [0.25, 0.3) is 10.9 Å². The maximum Gasteiger partial charge on any atom is 0.328 e. The van der Waals surface area contributed by atoms with Gasteiger partial charge in [-0.3, -0.25) is 19.1 Å². The fourth-order valence-electron chi connectivity index (χ4n) is 4.08. The van der Waals surface area contributed by atoms with Gasteiger partial charge in [0.15, 0.2) is 0 Å². The van der Waals surface area contributed by atoms with Crippen molar-refractivity contribution in [1.82, 2.24) is 14.5 Å². The number of hydrogen-bond acceptors (Lipinski definition) is 3. The summed E-state index contributed by atoms with van der Waals surface area (Å²) in [5, 5.41) is 0.456. The van der Waals surface area contributed by atoms with Gasteiger partial charge in [0.2, 0.25) is 5.91 Å². The monoisotopic (exact) mass is 377 g/mol. The lowest BCUT2D eigenvalue weighted by Gasteiger charge is -2.25. The molecule has 6 heteroatoms. The number of nitrogens with zero attached hydrogens (tertiary/aromatic N) is 2. The molecule has 0 radical (unpaired) electrons. The van der Waals surface area contributed by atoms with Gasteiger partial charge >= 0.3 is 5.69 Å². The molecule has 0 spiro atoms. The van der Waals surface area contributed by atoms with Crippen molar-refractivity contribution in [3.8, 4) is 0 Å². The Balaban J connectivity index is 1.49. The van der Waals surface area contributed by atoms with Gasteiger partial charge in [-0.15, -0.1) is 0 Å². The van der Waals surface area contributed by atoms with Crippen LogP contribution in [0, 0.1) is 0 Å². The van der Waals surface area contributed by atoms with E-state index in [1.54, 1.807) is 24.3 Å². The van der Waals surface area contributed by atoms with Crippen LogP contribution in [0.1, 0.15) is 24.8 Å². The summed E-state index contributed by atoms with van der Waals surface area (Å²) in [5.74, 6) is 0.0561. The molecular weight excluding hydrogens is 354 g/mol. The molecule has 3 aromatic rings. The third kappa shape index (κ3) is 3.63. The highest BCUT2D eigenvalue weighted by molar-refractivity contribution is 5.79. The minimum absolute atomic E-state index is 0.0561. The predicted molar refractivity (Wildman–Crippen MR) is 108 cm³/mol. The number of para-hydroxylation sites is 1. The second kappa shape index (κ2) is 7.84. The van der Waals surface area contributed by atoms with E-state index in [-0.39, 0.29) is 24.9 Å². The lowest BCUT2D eigenvalue weighted by atomic mass is 10.0. The van der Waals surface area contributed by atoms with Gasteiger partial charge in [0, 0.05) is 25.6 Å². The Labute approximate surface area is 162 Å². The molecular formula is C22H23N3O3. The average Bonchev–Trinajstić information content (AvgIpc) is 3.16. The summed E-state index contributed by atoms with van der Waals surface area (Å²) in [7, 11) is 0. The number of H-pyrrole nitrogens is 1. The fraction of sp³-hybridized carbons (Fsp3) is 0.318. The van der Waals surface area contributed by atoms with Crippen molar-refractivity contribution >= 4 is 16.8 Å². The van der Waals surface area contributed by atoms with Crippen LogP contribution in [0.4, 0.5) is 0 Å². The number of likely N-dealkylation sites (tertiary alicyclic amines) is 1. The largest absolute Gasteiger partial charge is 0.339 e. The maximum atomic E-state index is 12.9. The Morgan fingerprint density at radius 2 is 1.79 bits per heavy atom. The number of carbonyl (C=O) groups excluding carboxylic acids is 1. The van der Waals surface area contributed by atoms with Gasteiger partial charge in [-0.2, -0.15) is 0 Å². The third-order valence-corrected chi connectivity index (χ3v) is 5.47. The van der Waals surface area contributed by atoms with Gasteiger partial charge in [-0.25, -0.2) is 4.79 Å². The zero-order chi connectivity index (χ0) is 19.5. The molecule has 1 unspecified atom stereocenters. The van der Waals surface area contributed by atoms with Crippen molar-refractivity contribution in [1.29, 1.82) is 0 Å². The first kappa shape index (κ1) is 18.2. The van der Waals surface area contributed by atoms with E-state index < -0.39 is 11.2 Å². The van der Waals surface area contributed by atoms with Gasteiger partial charge in [-0.1, -0.05) is 42.5 Å². The van der Waals surface area contributed by atoms with Crippen LogP contribution in [-0.2, 0) is 17.8 Å². The van der Waals surface area contributed by atoms with Crippen LogP contribution in [0.2, 0.25) is 0 Å². The molecule has 1 aromatic heterocycles. The summed E-state index contributed by atoms with van der Waals surface area (Å²) in [4.78, 5) is 41.4. The van der Waals surface area contributed by atoms with Gasteiger partial charge in [0.05, 0.1) is 10.9 Å². The van der Waals surface area contributed by atoms with Crippen molar-refractivity contribution in [2.24, 2.45) is 0 Å². The highest BCUT2D eigenvalue weighted by Crippen LogP contribution is 2.22. The first-order valence-electron chi connectivity index (χ1n) is 9.69. The molecule has 1 fully saturated rings. The number of rotatable bonds is 5. The molecule has 1 amide bonds. The zero-order valence-electron chi connectivity index (χ0n) is 15.6. The van der Waals surface area contributed by atoms with E-state index in [1.165, 1.54) is 10.1 Å². The number of benzene rings is 2. The number of hydrogen-bond donors (Lipinski definition) is 1. The summed E-state index contributed by atoms with van der Waals surface area (Å²) in [6, 6.07) is 17.4. The van der Waals surface area contributed by atoms with Gasteiger partial charge in [0.1, 0.15) is 0 Å². The number of aromatic amines is 1. The second-order valence-electron chi connectivity index (χ2n) is 7.25. The van der Waals surface area contributed by atoms with E-state index in [1.807, 2.05) is 23.1 Å². The Hall–Kier alpha value is -3.15. The van der Waals surface area contributed by atoms with E-state index >= 15 is 0 Å². The first-order chi connectivity index (χ1) is 13.6. The molecule has 1 aliphatic rings. The zero-order valence-corrected chi connectivity index (χ0v) is 15.6. The predicted octanol–water partition coefficient (Wildman–Crippen LogP) is 2.31. The topological polar surface area (TPSA) is 75.2 Å². The average molecular weight is 377 g/mol. The normalized spacial score (nSPS) is 16.6. The second-order valence-corrected chi connectivity index (χ2v) is 7.25. The molecule has 2 aromatic carbocycles. The number of carbonyl (C=O) groups is 1. The standard InChI is InChI=1S/C22H23N3O3/c26-20(24-13-6-9-17(24)15-16-7-2-1-3-8-16)12-14-25-19-11-5-4-10-18(19)21(27)23-22(25)28/h1-5,7-8,10-11,17H,6,9,12-15H2,(H,23,27,28). The Morgan fingerprint density at radius 1 is 1.04 bits per heavy atom. The highest BCUT2D eigenvalue weighted by Gasteiger charge is 2.28. The summed E-state index contributed by atoms with van der Waals surface area (Å²) in [6.45, 7) is 1.01. The van der Waals surface area contributed by atoms with Crippen molar-refractivity contribution in [2.45, 2.75) is 38.3 Å². The van der Waals surface area contributed by atoms with Crippen molar-refractivity contribution < 1.29 is 4.79 Å².